The molecule has 1 aromatic heterocycles. The Morgan fingerprint density at radius 2 is 1.95 bits per heavy atom. The summed E-state index contributed by atoms with van der Waals surface area (Å²) in [4.78, 5) is 4.54. The van der Waals surface area contributed by atoms with Crippen molar-refractivity contribution in [1.29, 1.82) is 0 Å². The topological polar surface area (TPSA) is 36.3 Å². The molecule has 0 amide bonds. The fourth-order valence-electron chi connectivity index (χ4n) is 2.85. The van der Waals surface area contributed by atoms with Crippen LogP contribution < -0.4 is 9.47 Å². The molecule has 4 heteroatoms. The van der Waals surface area contributed by atoms with Gasteiger partial charge in [0.1, 0.15) is 19.0 Å². The summed E-state index contributed by atoms with van der Waals surface area (Å²) >= 11 is 0. The lowest BCUT2D eigenvalue weighted by molar-refractivity contribution is 0.171. The molecule has 2 aliphatic heterocycles. The van der Waals surface area contributed by atoms with Crippen molar-refractivity contribution in [2.45, 2.75) is 25.8 Å². The molecule has 0 spiro atoms. The second-order valence-corrected chi connectivity index (χ2v) is 5.03. The second kappa shape index (κ2) is 4.30. The van der Waals surface area contributed by atoms with Crippen LogP contribution in [0.15, 0.2) is 24.4 Å². The van der Waals surface area contributed by atoms with E-state index in [1.54, 1.807) is 0 Å². The Bertz CT molecular complexity index is 619. The Labute approximate surface area is 112 Å². The van der Waals surface area contributed by atoms with Crippen molar-refractivity contribution >= 4 is 0 Å². The van der Waals surface area contributed by atoms with Crippen LogP contribution in [0.1, 0.15) is 18.7 Å². The Balaban J connectivity index is 1.78. The van der Waals surface area contributed by atoms with Crippen LogP contribution in [-0.4, -0.2) is 22.8 Å². The number of aryl methyl sites for hydroxylation is 1. The van der Waals surface area contributed by atoms with Gasteiger partial charge in [-0.1, -0.05) is 0 Å². The van der Waals surface area contributed by atoms with Crippen molar-refractivity contribution in [2.24, 2.45) is 0 Å². The molecule has 0 atom stereocenters. The van der Waals surface area contributed by atoms with Crippen molar-refractivity contribution in [1.82, 2.24) is 9.55 Å². The molecule has 1 aromatic carbocycles. The van der Waals surface area contributed by atoms with Gasteiger partial charge in [-0.15, -0.1) is 0 Å². The third kappa shape index (κ3) is 1.79. The fourth-order valence-corrected chi connectivity index (χ4v) is 2.85. The minimum Gasteiger partial charge on any atom is -0.486 e. The van der Waals surface area contributed by atoms with E-state index >= 15 is 0 Å². The van der Waals surface area contributed by atoms with Gasteiger partial charge >= 0.3 is 0 Å². The van der Waals surface area contributed by atoms with Crippen molar-refractivity contribution < 1.29 is 9.47 Å². The van der Waals surface area contributed by atoms with Gasteiger partial charge in [0.15, 0.2) is 11.5 Å². The molecule has 4 nitrogen and oxygen atoms in total. The highest BCUT2D eigenvalue weighted by Gasteiger charge is 2.17. The minimum atomic E-state index is 0.626. The van der Waals surface area contributed by atoms with Crippen LogP contribution in [0, 0.1) is 0 Å². The van der Waals surface area contributed by atoms with E-state index in [-0.39, 0.29) is 0 Å². The summed E-state index contributed by atoms with van der Waals surface area (Å²) in [6.07, 6.45) is 5.55. The third-order valence-corrected chi connectivity index (χ3v) is 3.81. The number of ether oxygens (including phenoxy) is 2. The molecule has 0 N–H and O–H groups in total. The first-order chi connectivity index (χ1) is 9.42. The first-order valence-electron chi connectivity index (χ1n) is 6.86. The molecule has 0 saturated carbocycles. The number of nitrogens with zero attached hydrogens (tertiary/aromatic N) is 2. The highest BCUT2D eigenvalue weighted by Crippen LogP contribution is 2.35. The first-order valence-corrected chi connectivity index (χ1v) is 6.86. The summed E-state index contributed by atoms with van der Waals surface area (Å²) in [5.41, 5.74) is 2.34. The molecule has 0 fully saturated rings. The van der Waals surface area contributed by atoms with Gasteiger partial charge < -0.3 is 14.0 Å². The molecule has 0 unspecified atom stereocenters. The van der Waals surface area contributed by atoms with Gasteiger partial charge in [0.25, 0.3) is 0 Å². The zero-order chi connectivity index (χ0) is 12.7. The molecule has 0 aliphatic carbocycles. The molecule has 4 rings (SSSR count). The van der Waals surface area contributed by atoms with E-state index < -0.39 is 0 Å². The molecule has 3 heterocycles. The van der Waals surface area contributed by atoms with Crippen molar-refractivity contribution in [2.75, 3.05) is 13.2 Å². The van der Waals surface area contributed by atoms with E-state index in [1.807, 2.05) is 12.3 Å². The second-order valence-electron chi connectivity index (χ2n) is 5.03. The molecule has 98 valence electrons. The summed E-state index contributed by atoms with van der Waals surface area (Å²) in [6.45, 7) is 2.33. The molecule has 0 saturated heterocycles. The highest BCUT2D eigenvalue weighted by atomic mass is 16.6. The van der Waals surface area contributed by atoms with Gasteiger partial charge in [-0.3, -0.25) is 0 Å². The van der Waals surface area contributed by atoms with E-state index in [4.69, 9.17) is 9.47 Å². The van der Waals surface area contributed by atoms with Gasteiger partial charge in [-0.25, -0.2) is 4.98 Å². The lowest BCUT2D eigenvalue weighted by Gasteiger charge is -2.20. The smallest absolute Gasteiger partial charge is 0.162 e. The van der Waals surface area contributed by atoms with Crippen molar-refractivity contribution in [3.63, 3.8) is 0 Å². The highest BCUT2D eigenvalue weighted by molar-refractivity contribution is 5.64. The molecule has 2 aliphatic rings. The van der Waals surface area contributed by atoms with Crippen LogP contribution in [0.3, 0.4) is 0 Å². The summed E-state index contributed by atoms with van der Waals surface area (Å²) in [5.74, 6) is 2.89. The number of aromatic nitrogens is 2. The van der Waals surface area contributed by atoms with Crippen molar-refractivity contribution in [3.05, 3.63) is 30.2 Å². The number of hydrogen-bond acceptors (Lipinski definition) is 3. The lowest BCUT2D eigenvalue weighted by atomic mass is 10.1. The average molecular weight is 256 g/mol. The number of hydrogen-bond donors (Lipinski definition) is 0. The van der Waals surface area contributed by atoms with Crippen LogP contribution in [0.25, 0.3) is 11.3 Å². The van der Waals surface area contributed by atoms with E-state index in [0.29, 0.717) is 13.2 Å². The predicted molar refractivity (Wildman–Crippen MR) is 71.6 cm³/mol. The van der Waals surface area contributed by atoms with Crippen molar-refractivity contribution in [3.8, 4) is 22.8 Å². The molecular weight excluding hydrogens is 240 g/mol. The molecule has 0 radical (unpaired) electrons. The Morgan fingerprint density at radius 3 is 2.89 bits per heavy atom. The largest absolute Gasteiger partial charge is 0.486 e. The standard InChI is InChI=1S/C15H16N2O2/c1-2-6-17-12(10-16-15(17)3-1)11-4-5-13-14(9-11)19-8-7-18-13/h4-5,9-10H,1-3,6-8H2. The molecule has 19 heavy (non-hydrogen) atoms. The van der Waals surface area contributed by atoms with Gasteiger partial charge in [0.05, 0.1) is 11.9 Å². The maximum Gasteiger partial charge on any atom is 0.162 e. The average Bonchev–Trinajstić information content (AvgIpc) is 2.91. The zero-order valence-corrected chi connectivity index (χ0v) is 10.8. The fraction of sp³-hybridized carbons (Fsp3) is 0.400. The van der Waals surface area contributed by atoms with E-state index in [0.717, 1.165) is 30.0 Å². The number of benzene rings is 1. The summed E-state index contributed by atoms with van der Waals surface area (Å²) in [7, 11) is 0. The van der Waals surface area contributed by atoms with Crippen LogP contribution in [-0.2, 0) is 13.0 Å². The van der Waals surface area contributed by atoms with Crippen LogP contribution in [0.2, 0.25) is 0 Å². The summed E-state index contributed by atoms with van der Waals surface area (Å²) in [6, 6.07) is 6.15. The summed E-state index contributed by atoms with van der Waals surface area (Å²) < 4.78 is 13.5. The van der Waals surface area contributed by atoms with Crippen LogP contribution in [0.5, 0.6) is 11.5 Å². The number of rotatable bonds is 1. The Morgan fingerprint density at radius 1 is 1.05 bits per heavy atom. The van der Waals surface area contributed by atoms with Crippen LogP contribution in [0.4, 0.5) is 0 Å². The van der Waals surface area contributed by atoms with E-state index in [1.165, 1.54) is 24.4 Å². The first kappa shape index (κ1) is 10.9. The molecule has 0 bridgehead atoms. The normalized spacial score (nSPS) is 17.1. The quantitative estimate of drug-likeness (QED) is 0.787. The van der Waals surface area contributed by atoms with Gasteiger partial charge in [-0.2, -0.15) is 0 Å². The number of imidazole rings is 1. The lowest BCUT2D eigenvalue weighted by Crippen LogP contribution is -2.15. The SMILES string of the molecule is c1cc2c(cc1-c1cnc3n1CCCC3)OCCO2. The zero-order valence-electron chi connectivity index (χ0n) is 10.8. The van der Waals surface area contributed by atoms with Crippen LogP contribution >= 0.6 is 0 Å². The Kier molecular flexibility index (Phi) is 2.47. The predicted octanol–water partition coefficient (Wildman–Crippen LogP) is 2.66. The minimum absolute atomic E-state index is 0.626. The number of fused-ring (bicyclic) bond motifs is 2. The maximum absolute atomic E-state index is 5.65. The van der Waals surface area contributed by atoms with E-state index in [9.17, 15) is 0 Å². The Hall–Kier alpha value is -1.97. The maximum atomic E-state index is 5.65. The third-order valence-electron chi connectivity index (χ3n) is 3.81. The van der Waals surface area contributed by atoms with Gasteiger partial charge in [-0.05, 0) is 31.0 Å². The summed E-state index contributed by atoms with van der Waals surface area (Å²) in [5, 5.41) is 0. The van der Waals surface area contributed by atoms with Gasteiger partial charge in [0, 0.05) is 18.5 Å². The van der Waals surface area contributed by atoms with E-state index in [2.05, 4.69) is 21.7 Å². The monoisotopic (exact) mass is 256 g/mol. The molecule has 2 aromatic rings. The van der Waals surface area contributed by atoms with Gasteiger partial charge in [0.2, 0.25) is 0 Å². The molecular formula is C15H16N2O2.